The van der Waals surface area contributed by atoms with Gasteiger partial charge in [-0.15, -0.1) is 0 Å². The van der Waals surface area contributed by atoms with Crippen LogP contribution in [0.15, 0.2) is 36.4 Å². The molecule has 2 aromatic rings. The van der Waals surface area contributed by atoms with Gasteiger partial charge >= 0.3 is 11.8 Å². The zero-order valence-corrected chi connectivity index (χ0v) is 16.7. The van der Waals surface area contributed by atoms with Crippen LogP contribution in [-0.4, -0.2) is 38.5 Å². The number of methoxy groups -OCH3 is 2. The number of amides is 3. The molecule has 1 heterocycles. The van der Waals surface area contributed by atoms with Crippen molar-refractivity contribution in [1.82, 2.24) is 0 Å². The highest BCUT2D eigenvalue weighted by Crippen LogP contribution is 2.34. The van der Waals surface area contributed by atoms with Crippen molar-refractivity contribution in [2.45, 2.75) is 12.8 Å². The van der Waals surface area contributed by atoms with Crippen LogP contribution in [0, 0.1) is 0 Å². The third-order valence-corrected chi connectivity index (χ3v) is 4.65. The van der Waals surface area contributed by atoms with Crippen molar-refractivity contribution < 1.29 is 23.9 Å². The fraction of sp³-hybridized carbons (Fsp3) is 0.250. The summed E-state index contributed by atoms with van der Waals surface area (Å²) in [5, 5.41) is 5.38. The molecule has 2 aromatic carbocycles. The summed E-state index contributed by atoms with van der Waals surface area (Å²) in [5.41, 5.74) is 1.18. The van der Waals surface area contributed by atoms with Crippen molar-refractivity contribution in [3.05, 3.63) is 41.4 Å². The van der Waals surface area contributed by atoms with Gasteiger partial charge in [0.15, 0.2) is 0 Å². The van der Waals surface area contributed by atoms with Crippen LogP contribution in [0.3, 0.4) is 0 Å². The Kier molecular flexibility index (Phi) is 6.23. The standard InChI is InChI=1S/C20H20ClN3O5/c1-28-16-7-5-12(21)10-14(16)23-20(27)19(26)22-13-6-8-17(29-2)15(11-13)24-9-3-4-18(24)25/h5-8,10-11H,3-4,9H2,1-2H3,(H,22,26)(H,23,27). The summed E-state index contributed by atoms with van der Waals surface area (Å²) < 4.78 is 10.5. The van der Waals surface area contributed by atoms with Crippen molar-refractivity contribution in [1.29, 1.82) is 0 Å². The van der Waals surface area contributed by atoms with Crippen LogP contribution in [0.5, 0.6) is 11.5 Å². The van der Waals surface area contributed by atoms with E-state index in [0.29, 0.717) is 40.9 Å². The molecule has 0 atom stereocenters. The molecule has 9 heteroatoms. The molecular formula is C20H20ClN3O5. The first kappa shape index (κ1) is 20.5. The lowest BCUT2D eigenvalue weighted by atomic mass is 10.2. The number of anilines is 3. The zero-order valence-electron chi connectivity index (χ0n) is 16.0. The van der Waals surface area contributed by atoms with Crippen molar-refractivity contribution >= 4 is 46.4 Å². The third kappa shape index (κ3) is 4.60. The van der Waals surface area contributed by atoms with Crippen LogP contribution in [-0.2, 0) is 14.4 Å². The monoisotopic (exact) mass is 417 g/mol. The van der Waals surface area contributed by atoms with Crippen molar-refractivity contribution in [2.24, 2.45) is 0 Å². The summed E-state index contributed by atoms with van der Waals surface area (Å²) >= 11 is 5.94. The number of nitrogens with zero attached hydrogens (tertiary/aromatic N) is 1. The molecule has 29 heavy (non-hydrogen) atoms. The Labute approximate surface area is 172 Å². The Bertz CT molecular complexity index is 963. The van der Waals surface area contributed by atoms with Crippen LogP contribution < -0.4 is 25.0 Å². The van der Waals surface area contributed by atoms with E-state index in [1.54, 1.807) is 35.2 Å². The molecule has 0 aliphatic carbocycles. The average molecular weight is 418 g/mol. The maximum absolute atomic E-state index is 12.3. The van der Waals surface area contributed by atoms with E-state index < -0.39 is 11.8 Å². The first-order valence-electron chi connectivity index (χ1n) is 8.87. The molecule has 3 amide bonds. The molecule has 0 unspecified atom stereocenters. The number of ether oxygens (including phenoxy) is 2. The highest BCUT2D eigenvalue weighted by atomic mass is 35.5. The van der Waals surface area contributed by atoms with E-state index in [-0.39, 0.29) is 11.6 Å². The SMILES string of the molecule is COc1ccc(Cl)cc1NC(=O)C(=O)Nc1ccc(OC)c(N2CCCC2=O)c1. The van der Waals surface area contributed by atoms with Crippen LogP contribution >= 0.6 is 11.6 Å². The van der Waals surface area contributed by atoms with Gasteiger partial charge in [-0.1, -0.05) is 11.6 Å². The van der Waals surface area contributed by atoms with Gasteiger partial charge in [-0.25, -0.2) is 0 Å². The Balaban J connectivity index is 1.76. The summed E-state index contributed by atoms with van der Waals surface area (Å²) in [6, 6.07) is 9.50. The lowest BCUT2D eigenvalue weighted by molar-refractivity contribution is -0.133. The van der Waals surface area contributed by atoms with Crippen LogP contribution in [0.25, 0.3) is 0 Å². The molecule has 0 radical (unpaired) electrons. The first-order valence-corrected chi connectivity index (χ1v) is 9.25. The van der Waals surface area contributed by atoms with Crippen LogP contribution in [0.2, 0.25) is 5.02 Å². The van der Waals surface area contributed by atoms with E-state index >= 15 is 0 Å². The van der Waals surface area contributed by atoms with E-state index in [4.69, 9.17) is 21.1 Å². The van der Waals surface area contributed by atoms with Crippen molar-refractivity contribution in [2.75, 3.05) is 36.3 Å². The Hall–Kier alpha value is -3.26. The lowest BCUT2D eigenvalue weighted by Gasteiger charge is -2.20. The second-order valence-corrected chi connectivity index (χ2v) is 6.72. The molecular weight excluding hydrogens is 398 g/mol. The van der Waals surface area contributed by atoms with Gasteiger partial charge in [-0.2, -0.15) is 0 Å². The number of nitrogens with one attached hydrogen (secondary N) is 2. The van der Waals surface area contributed by atoms with Gasteiger partial charge in [-0.05, 0) is 42.8 Å². The summed E-state index contributed by atoms with van der Waals surface area (Å²) in [6.07, 6.45) is 1.21. The number of hydrogen-bond acceptors (Lipinski definition) is 5. The number of carbonyl (C=O) groups excluding carboxylic acids is 3. The molecule has 152 valence electrons. The first-order chi connectivity index (χ1) is 13.9. The average Bonchev–Trinajstić information content (AvgIpc) is 3.13. The number of hydrogen-bond donors (Lipinski definition) is 2. The highest BCUT2D eigenvalue weighted by molar-refractivity contribution is 6.44. The maximum atomic E-state index is 12.3. The molecule has 2 N–H and O–H groups in total. The van der Waals surface area contributed by atoms with E-state index in [2.05, 4.69) is 10.6 Å². The Morgan fingerprint density at radius 3 is 2.34 bits per heavy atom. The molecule has 3 rings (SSSR count). The molecule has 0 aromatic heterocycles. The number of benzene rings is 2. The second kappa shape index (κ2) is 8.83. The van der Waals surface area contributed by atoms with Gasteiger partial charge in [-0.3, -0.25) is 14.4 Å². The molecule has 1 aliphatic rings. The van der Waals surface area contributed by atoms with Gasteiger partial charge in [0.1, 0.15) is 11.5 Å². The predicted octanol–water partition coefficient (Wildman–Crippen LogP) is 3.06. The van der Waals surface area contributed by atoms with E-state index in [0.717, 1.165) is 6.42 Å². The van der Waals surface area contributed by atoms with Crippen molar-refractivity contribution in [3.8, 4) is 11.5 Å². The molecule has 0 bridgehead atoms. The van der Waals surface area contributed by atoms with E-state index in [1.165, 1.54) is 20.3 Å². The molecule has 1 saturated heterocycles. The minimum Gasteiger partial charge on any atom is -0.495 e. The maximum Gasteiger partial charge on any atom is 0.314 e. The molecule has 1 fully saturated rings. The highest BCUT2D eigenvalue weighted by Gasteiger charge is 2.25. The zero-order chi connectivity index (χ0) is 21.0. The van der Waals surface area contributed by atoms with Crippen LogP contribution in [0.1, 0.15) is 12.8 Å². The van der Waals surface area contributed by atoms with E-state index in [9.17, 15) is 14.4 Å². The summed E-state index contributed by atoms with van der Waals surface area (Å²) in [5.74, 6) is -0.908. The Morgan fingerprint density at radius 2 is 1.69 bits per heavy atom. The van der Waals surface area contributed by atoms with Crippen molar-refractivity contribution in [3.63, 3.8) is 0 Å². The van der Waals surface area contributed by atoms with Gasteiger partial charge in [0, 0.05) is 23.7 Å². The molecule has 8 nitrogen and oxygen atoms in total. The topological polar surface area (TPSA) is 97.0 Å². The lowest BCUT2D eigenvalue weighted by Crippen LogP contribution is -2.29. The molecule has 1 aliphatic heterocycles. The predicted molar refractivity (Wildman–Crippen MR) is 110 cm³/mol. The summed E-state index contributed by atoms with van der Waals surface area (Å²) in [6.45, 7) is 0.571. The quantitative estimate of drug-likeness (QED) is 0.729. The minimum absolute atomic E-state index is 0.0161. The minimum atomic E-state index is -0.889. The van der Waals surface area contributed by atoms with Gasteiger partial charge in [0.05, 0.1) is 25.6 Å². The summed E-state index contributed by atoms with van der Waals surface area (Å²) in [4.78, 5) is 38.3. The van der Waals surface area contributed by atoms with E-state index in [1.807, 2.05) is 0 Å². The Morgan fingerprint density at radius 1 is 1.00 bits per heavy atom. The fourth-order valence-corrected chi connectivity index (χ4v) is 3.20. The number of halogens is 1. The smallest absolute Gasteiger partial charge is 0.314 e. The molecule has 0 spiro atoms. The summed E-state index contributed by atoms with van der Waals surface area (Å²) in [7, 11) is 2.95. The third-order valence-electron chi connectivity index (χ3n) is 4.42. The number of carbonyl (C=O) groups is 3. The number of rotatable bonds is 5. The van der Waals surface area contributed by atoms with Gasteiger partial charge < -0.3 is 25.0 Å². The fourth-order valence-electron chi connectivity index (χ4n) is 3.03. The van der Waals surface area contributed by atoms with Crippen LogP contribution in [0.4, 0.5) is 17.1 Å². The largest absolute Gasteiger partial charge is 0.495 e. The van der Waals surface area contributed by atoms with Gasteiger partial charge in [0.25, 0.3) is 0 Å². The molecule has 0 saturated carbocycles. The second-order valence-electron chi connectivity index (χ2n) is 6.29. The van der Waals surface area contributed by atoms with Gasteiger partial charge in [0.2, 0.25) is 5.91 Å². The normalized spacial score (nSPS) is 13.2.